The number of aromatic nitrogens is 3. The largest absolute Gasteiger partial charge is 0.497 e. The molecule has 7 nitrogen and oxygen atoms in total. The van der Waals surface area contributed by atoms with Crippen molar-refractivity contribution in [2.75, 3.05) is 19.5 Å². The average Bonchev–Trinajstić information content (AvgIpc) is 3.44. The highest BCUT2D eigenvalue weighted by molar-refractivity contribution is 6.07. The molecule has 0 unspecified atom stereocenters. The fourth-order valence-electron chi connectivity index (χ4n) is 3.10. The molecule has 0 saturated heterocycles. The van der Waals surface area contributed by atoms with E-state index in [1.807, 2.05) is 12.1 Å². The molecule has 0 aliphatic heterocycles. The van der Waals surface area contributed by atoms with E-state index in [0.717, 1.165) is 0 Å². The third kappa shape index (κ3) is 3.62. The molecule has 1 amide bonds. The number of methoxy groups -OCH3 is 2. The smallest absolute Gasteiger partial charge is 0.261 e. The van der Waals surface area contributed by atoms with Crippen LogP contribution in [-0.2, 0) is 0 Å². The van der Waals surface area contributed by atoms with Gasteiger partial charge in [-0.1, -0.05) is 0 Å². The van der Waals surface area contributed by atoms with Crippen LogP contribution in [0.5, 0.6) is 11.5 Å². The minimum absolute atomic E-state index is 0.334. The van der Waals surface area contributed by atoms with Gasteiger partial charge < -0.3 is 19.4 Å². The summed E-state index contributed by atoms with van der Waals surface area (Å²) < 4.78 is 27.3. The first kappa shape index (κ1) is 19.3. The maximum Gasteiger partial charge on any atom is 0.261 e. The normalized spacial score (nSPS) is 10.6. The summed E-state index contributed by atoms with van der Waals surface area (Å²) in [6.45, 7) is 0. The van der Waals surface area contributed by atoms with Crippen molar-refractivity contribution in [2.24, 2.45) is 0 Å². The van der Waals surface area contributed by atoms with E-state index in [-0.39, 0.29) is 11.7 Å². The molecular formula is C22H19FN4O3. The van der Waals surface area contributed by atoms with E-state index >= 15 is 0 Å². The van der Waals surface area contributed by atoms with Crippen LogP contribution in [0.15, 0.2) is 73.2 Å². The SMILES string of the molecule is COc1ccc(OC)c(NC(=O)c2cnn(-c3ccc(F)cc3)c2-n2cccc2)c1. The van der Waals surface area contributed by atoms with Crippen molar-refractivity contribution >= 4 is 11.6 Å². The summed E-state index contributed by atoms with van der Waals surface area (Å²) >= 11 is 0. The summed E-state index contributed by atoms with van der Waals surface area (Å²) in [5.41, 5.74) is 1.42. The molecule has 0 aliphatic carbocycles. The first-order valence-electron chi connectivity index (χ1n) is 9.11. The number of carbonyl (C=O) groups excluding carboxylic acids is 1. The van der Waals surface area contributed by atoms with Crippen LogP contribution in [0.2, 0.25) is 0 Å². The summed E-state index contributed by atoms with van der Waals surface area (Å²) in [4.78, 5) is 13.2. The second kappa shape index (κ2) is 8.12. The molecule has 152 valence electrons. The van der Waals surface area contributed by atoms with Gasteiger partial charge in [0.15, 0.2) is 5.82 Å². The highest BCUT2D eigenvalue weighted by Gasteiger charge is 2.21. The molecule has 0 saturated carbocycles. The molecule has 4 rings (SSSR count). The Hall–Kier alpha value is -4.07. The highest BCUT2D eigenvalue weighted by Crippen LogP contribution is 2.30. The van der Waals surface area contributed by atoms with Crippen molar-refractivity contribution in [3.63, 3.8) is 0 Å². The minimum atomic E-state index is -0.376. The van der Waals surface area contributed by atoms with Crippen LogP contribution in [0, 0.1) is 5.82 Å². The van der Waals surface area contributed by atoms with Gasteiger partial charge in [0.2, 0.25) is 0 Å². The van der Waals surface area contributed by atoms with Crippen molar-refractivity contribution in [3.8, 4) is 23.0 Å². The lowest BCUT2D eigenvalue weighted by Crippen LogP contribution is -2.16. The van der Waals surface area contributed by atoms with Crippen LogP contribution >= 0.6 is 0 Å². The van der Waals surface area contributed by atoms with E-state index in [2.05, 4.69) is 10.4 Å². The molecule has 1 N–H and O–H groups in total. The molecule has 8 heteroatoms. The van der Waals surface area contributed by atoms with E-state index in [0.29, 0.717) is 34.3 Å². The predicted octanol–water partition coefficient (Wildman–Crippen LogP) is 4.07. The summed E-state index contributed by atoms with van der Waals surface area (Å²) in [6.07, 6.45) is 5.08. The molecule has 0 atom stereocenters. The van der Waals surface area contributed by atoms with Gasteiger partial charge in [-0.2, -0.15) is 5.10 Å². The van der Waals surface area contributed by atoms with Crippen LogP contribution < -0.4 is 14.8 Å². The summed E-state index contributed by atoms with van der Waals surface area (Å²) in [5, 5.41) is 7.23. The Morgan fingerprint density at radius 1 is 1.03 bits per heavy atom. The number of nitrogens with one attached hydrogen (secondary N) is 1. The number of hydrogen-bond acceptors (Lipinski definition) is 4. The summed E-state index contributed by atoms with van der Waals surface area (Å²) in [6, 6.07) is 14.7. The van der Waals surface area contributed by atoms with E-state index in [4.69, 9.17) is 9.47 Å². The first-order valence-corrected chi connectivity index (χ1v) is 9.11. The van der Waals surface area contributed by atoms with Crippen LogP contribution in [0.25, 0.3) is 11.5 Å². The van der Waals surface area contributed by atoms with Crippen molar-refractivity contribution in [1.82, 2.24) is 14.3 Å². The van der Waals surface area contributed by atoms with Gasteiger partial charge in [-0.3, -0.25) is 4.79 Å². The molecule has 2 aromatic carbocycles. The van der Waals surface area contributed by atoms with Crippen molar-refractivity contribution < 1.29 is 18.7 Å². The molecule has 2 heterocycles. The number of carbonyl (C=O) groups is 1. The fraction of sp³-hybridized carbons (Fsp3) is 0.0909. The van der Waals surface area contributed by atoms with Crippen LogP contribution in [0.1, 0.15) is 10.4 Å². The lowest BCUT2D eigenvalue weighted by Gasteiger charge is -2.13. The Bertz CT molecular complexity index is 1170. The lowest BCUT2D eigenvalue weighted by molar-refractivity contribution is 0.102. The van der Waals surface area contributed by atoms with Crippen LogP contribution in [0.3, 0.4) is 0 Å². The molecule has 30 heavy (non-hydrogen) atoms. The van der Waals surface area contributed by atoms with Crippen LogP contribution in [-0.4, -0.2) is 34.5 Å². The molecule has 0 spiro atoms. The van der Waals surface area contributed by atoms with E-state index in [1.54, 1.807) is 59.1 Å². The number of nitrogens with zero attached hydrogens (tertiary/aromatic N) is 3. The zero-order valence-corrected chi connectivity index (χ0v) is 16.4. The number of amides is 1. The van der Waals surface area contributed by atoms with Crippen molar-refractivity contribution in [1.29, 1.82) is 0 Å². The fourth-order valence-corrected chi connectivity index (χ4v) is 3.10. The average molecular weight is 406 g/mol. The second-order valence-corrected chi connectivity index (χ2v) is 6.38. The van der Waals surface area contributed by atoms with Gasteiger partial charge in [-0.15, -0.1) is 0 Å². The Balaban J connectivity index is 1.76. The Kier molecular flexibility index (Phi) is 5.21. The van der Waals surface area contributed by atoms with Gasteiger partial charge in [0.05, 0.1) is 31.8 Å². The van der Waals surface area contributed by atoms with Gasteiger partial charge in [-0.25, -0.2) is 9.07 Å². The zero-order valence-electron chi connectivity index (χ0n) is 16.4. The third-order valence-electron chi connectivity index (χ3n) is 4.56. The number of hydrogen-bond donors (Lipinski definition) is 1. The maximum atomic E-state index is 13.4. The van der Waals surface area contributed by atoms with Crippen LogP contribution in [0.4, 0.5) is 10.1 Å². The van der Waals surface area contributed by atoms with Gasteiger partial charge in [0.1, 0.15) is 22.9 Å². The second-order valence-electron chi connectivity index (χ2n) is 6.38. The number of anilines is 1. The number of benzene rings is 2. The molecule has 2 aromatic heterocycles. The number of halogens is 1. The van der Waals surface area contributed by atoms with Gasteiger partial charge >= 0.3 is 0 Å². The monoisotopic (exact) mass is 406 g/mol. The van der Waals surface area contributed by atoms with Gasteiger partial charge in [-0.05, 0) is 48.5 Å². The molecule has 0 bridgehead atoms. The molecule has 4 aromatic rings. The Morgan fingerprint density at radius 3 is 2.43 bits per heavy atom. The summed E-state index contributed by atoms with van der Waals surface area (Å²) in [7, 11) is 3.07. The molecule has 0 fully saturated rings. The Morgan fingerprint density at radius 2 is 1.77 bits per heavy atom. The van der Waals surface area contributed by atoms with E-state index in [1.165, 1.54) is 25.4 Å². The van der Waals surface area contributed by atoms with Gasteiger partial charge in [0.25, 0.3) is 5.91 Å². The van der Waals surface area contributed by atoms with Crippen molar-refractivity contribution in [3.05, 3.63) is 84.6 Å². The third-order valence-corrected chi connectivity index (χ3v) is 4.56. The topological polar surface area (TPSA) is 70.3 Å². The molecular weight excluding hydrogens is 387 g/mol. The quantitative estimate of drug-likeness (QED) is 0.524. The van der Waals surface area contributed by atoms with E-state index in [9.17, 15) is 9.18 Å². The zero-order chi connectivity index (χ0) is 21.1. The number of rotatable bonds is 6. The molecule has 0 radical (unpaired) electrons. The predicted molar refractivity (Wildman–Crippen MR) is 110 cm³/mol. The molecule has 0 aliphatic rings. The highest BCUT2D eigenvalue weighted by atomic mass is 19.1. The minimum Gasteiger partial charge on any atom is -0.497 e. The van der Waals surface area contributed by atoms with E-state index < -0.39 is 0 Å². The maximum absolute atomic E-state index is 13.4. The van der Waals surface area contributed by atoms with Crippen molar-refractivity contribution in [2.45, 2.75) is 0 Å². The van der Waals surface area contributed by atoms with Gasteiger partial charge in [0, 0.05) is 18.5 Å². The lowest BCUT2D eigenvalue weighted by atomic mass is 10.2. The number of ether oxygens (including phenoxy) is 2. The Labute approximate surface area is 172 Å². The summed E-state index contributed by atoms with van der Waals surface area (Å²) in [5.74, 6) is 0.873. The standard InChI is InChI=1S/C22H19FN4O3/c1-29-17-9-10-20(30-2)19(13-17)25-21(28)18-14-24-27(16-7-5-15(23)6-8-16)22(18)26-11-3-4-12-26/h3-14H,1-2H3,(H,25,28). The first-order chi connectivity index (χ1) is 14.6.